The van der Waals surface area contributed by atoms with Crippen molar-refractivity contribution in [2.75, 3.05) is 12.3 Å². The topological polar surface area (TPSA) is 29.5 Å². The average molecular weight is 336 g/mol. The molecule has 3 nitrogen and oxygen atoms in total. The van der Waals surface area contributed by atoms with E-state index < -0.39 is 6.10 Å². The minimum Gasteiger partial charge on any atom is -0.481 e. The molecular weight excluding hydrogens is 306 g/mol. The number of likely N-dealkylation sites (tertiary alicyclic amines) is 1. The van der Waals surface area contributed by atoms with Crippen molar-refractivity contribution < 1.29 is 9.53 Å². The Morgan fingerprint density at radius 2 is 2.00 bits per heavy atom. The lowest BCUT2D eigenvalue weighted by Crippen LogP contribution is -2.50. The van der Waals surface area contributed by atoms with Crippen LogP contribution in [0.4, 0.5) is 0 Å². The van der Waals surface area contributed by atoms with Gasteiger partial charge in [0, 0.05) is 23.1 Å². The van der Waals surface area contributed by atoms with E-state index in [0.717, 1.165) is 30.9 Å². The van der Waals surface area contributed by atoms with Gasteiger partial charge in [0.2, 0.25) is 0 Å². The summed E-state index contributed by atoms with van der Waals surface area (Å²) < 4.78 is 6.06. The number of carbonyl (C=O) groups excluding carboxylic acids is 1. The highest BCUT2D eigenvalue weighted by molar-refractivity contribution is 8.00. The molecule has 0 bridgehead atoms. The summed E-state index contributed by atoms with van der Waals surface area (Å²) in [5, 5.41) is 0. The van der Waals surface area contributed by atoms with Gasteiger partial charge in [-0.05, 0) is 38.3 Å². The van der Waals surface area contributed by atoms with E-state index in [1.165, 1.54) is 6.42 Å². The number of thioether (sulfide) groups is 1. The van der Waals surface area contributed by atoms with Crippen molar-refractivity contribution in [2.45, 2.75) is 63.9 Å². The first-order chi connectivity index (χ1) is 10.9. The second-order valence-corrected chi connectivity index (χ2v) is 9.02. The van der Waals surface area contributed by atoms with Crippen LogP contribution in [-0.4, -0.2) is 40.0 Å². The van der Waals surface area contributed by atoms with Crippen molar-refractivity contribution in [3.05, 3.63) is 30.3 Å². The van der Waals surface area contributed by atoms with E-state index in [4.69, 9.17) is 4.74 Å². The molecule has 0 aliphatic carbocycles. The summed E-state index contributed by atoms with van der Waals surface area (Å²) in [6.45, 7) is 9.41. The largest absolute Gasteiger partial charge is 0.481 e. The van der Waals surface area contributed by atoms with E-state index >= 15 is 0 Å². The molecule has 23 heavy (non-hydrogen) atoms. The predicted molar refractivity (Wildman–Crippen MR) is 98.1 cm³/mol. The zero-order chi connectivity index (χ0) is 16.9. The van der Waals surface area contributed by atoms with Crippen LogP contribution >= 0.6 is 11.8 Å². The molecule has 0 spiro atoms. The van der Waals surface area contributed by atoms with Gasteiger partial charge in [-0.2, -0.15) is 11.8 Å². The Morgan fingerprint density at radius 3 is 2.65 bits per heavy atom. The summed E-state index contributed by atoms with van der Waals surface area (Å²) in [7, 11) is 0. The van der Waals surface area contributed by atoms with Gasteiger partial charge in [-0.25, -0.2) is 0 Å². The van der Waals surface area contributed by atoms with E-state index in [1.54, 1.807) is 0 Å². The fourth-order valence-corrected chi connectivity index (χ4v) is 3.84. The van der Waals surface area contributed by atoms with Crippen LogP contribution in [0, 0.1) is 0 Å². The van der Waals surface area contributed by atoms with Crippen LogP contribution < -0.4 is 4.74 Å². The van der Waals surface area contributed by atoms with Crippen molar-refractivity contribution in [2.24, 2.45) is 0 Å². The van der Waals surface area contributed by atoms with Gasteiger partial charge < -0.3 is 9.64 Å². The number of hydrogen-bond acceptors (Lipinski definition) is 3. The van der Waals surface area contributed by atoms with E-state index in [0.29, 0.717) is 6.04 Å². The SMILES string of the molecule is C[C@@H](Oc1ccccc1)C(=O)N1CCCC[C@H]1CSC(C)(C)C. The maximum Gasteiger partial charge on any atom is 0.263 e. The molecule has 1 aliphatic rings. The molecule has 0 N–H and O–H groups in total. The van der Waals surface area contributed by atoms with Crippen LogP contribution in [0.1, 0.15) is 47.0 Å². The quantitative estimate of drug-likeness (QED) is 0.800. The first kappa shape index (κ1) is 18.2. The predicted octanol–water partition coefficient (Wildman–Crippen LogP) is 4.37. The van der Waals surface area contributed by atoms with Crippen molar-refractivity contribution in [3.63, 3.8) is 0 Å². The van der Waals surface area contributed by atoms with Crippen LogP contribution in [0.2, 0.25) is 0 Å². The zero-order valence-corrected chi connectivity index (χ0v) is 15.6. The number of carbonyl (C=O) groups is 1. The summed E-state index contributed by atoms with van der Waals surface area (Å²) in [6.07, 6.45) is 2.98. The Kier molecular flexibility index (Phi) is 6.40. The lowest BCUT2D eigenvalue weighted by molar-refractivity contribution is -0.141. The molecule has 1 aliphatic heterocycles. The fourth-order valence-electron chi connectivity index (χ4n) is 2.80. The van der Waals surface area contributed by atoms with Crippen LogP contribution in [0.25, 0.3) is 0 Å². The van der Waals surface area contributed by atoms with Crippen LogP contribution in [0.5, 0.6) is 5.75 Å². The van der Waals surface area contributed by atoms with Gasteiger partial charge >= 0.3 is 0 Å². The second-order valence-electron chi connectivity index (χ2n) is 7.18. The lowest BCUT2D eigenvalue weighted by atomic mass is 10.0. The highest BCUT2D eigenvalue weighted by Crippen LogP contribution is 2.29. The molecule has 2 atom stereocenters. The van der Waals surface area contributed by atoms with Gasteiger partial charge in [0.1, 0.15) is 5.75 Å². The number of nitrogens with zero attached hydrogens (tertiary/aromatic N) is 1. The van der Waals surface area contributed by atoms with Crippen LogP contribution in [0.3, 0.4) is 0 Å². The highest BCUT2D eigenvalue weighted by atomic mass is 32.2. The average Bonchev–Trinajstić information content (AvgIpc) is 2.53. The van der Waals surface area contributed by atoms with Crippen molar-refractivity contribution >= 4 is 17.7 Å². The number of amides is 1. The molecule has 4 heteroatoms. The third-order valence-corrected chi connectivity index (χ3v) is 5.44. The summed E-state index contributed by atoms with van der Waals surface area (Å²) >= 11 is 1.94. The summed E-state index contributed by atoms with van der Waals surface area (Å²) in [5.74, 6) is 1.88. The molecule has 1 amide bonds. The summed E-state index contributed by atoms with van der Waals surface area (Å²) in [5.41, 5.74) is 0. The lowest BCUT2D eigenvalue weighted by Gasteiger charge is -2.38. The minimum absolute atomic E-state index is 0.119. The fraction of sp³-hybridized carbons (Fsp3) is 0.632. The third kappa shape index (κ3) is 5.76. The van der Waals surface area contributed by atoms with Gasteiger partial charge in [0.25, 0.3) is 5.91 Å². The number of rotatable bonds is 5. The summed E-state index contributed by atoms with van der Waals surface area (Å²) in [6, 6.07) is 9.93. The smallest absolute Gasteiger partial charge is 0.263 e. The number of ether oxygens (including phenoxy) is 1. The zero-order valence-electron chi connectivity index (χ0n) is 14.7. The van der Waals surface area contributed by atoms with E-state index in [1.807, 2.05) is 49.0 Å². The number of para-hydroxylation sites is 1. The minimum atomic E-state index is -0.433. The molecule has 0 unspecified atom stereocenters. The Bertz CT molecular complexity index is 498. The van der Waals surface area contributed by atoms with Gasteiger partial charge in [0.05, 0.1) is 0 Å². The van der Waals surface area contributed by atoms with Gasteiger partial charge in [-0.3, -0.25) is 4.79 Å². The molecule has 0 saturated carbocycles. The van der Waals surface area contributed by atoms with E-state index in [2.05, 4.69) is 25.7 Å². The maximum absolute atomic E-state index is 12.8. The van der Waals surface area contributed by atoms with Crippen molar-refractivity contribution in [1.82, 2.24) is 4.90 Å². The Morgan fingerprint density at radius 1 is 1.30 bits per heavy atom. The number of piperidine rings is 1. The normalized spacial score (nSPS) is 20.2. The van der Waals surface area contributed by atoms with E-state index in [9.17, 15) is 4.79 Å². The van der Waals surface area contributed by atoms with E-state index in [-0.39, 0.29) is 10.7 Å². The number of hydrogen-bond donors (Lipinski definition) is 0. The first-order valence-corrected chi connectivity index (χ1v) is 9.51. The second kappa shape index (κ2) is 8.09. The first-order valence-electron chi connectivity index (χ1n) is 8.53. The molecule has 2 rings (SSSR count). The molecule has 1 aromatic rings. The molecule has 1 heterocycles. The van der Waals surface area contributed by atoms with Crippen molar-refractivity contribution in [3.8, 4) is 5.75 Å². The Balaban J connectivity index is 1.96. The Labute approximate surface area is 144 Å². The van der Waals surface area contributed by atoms with Crippen molar-refractivity contribution in [1.29, 1.82) is 0 Å². The van der Waals surface area contributed by atoms with Crippen LogP contribution in [-0.2, 0) is 4.79 Å². The molecule has 128 valence electrons. The molecule has 1 aromatic carbocycles. The molecule has 1 fully saturated rings. The molecule has 0 aromatic heterocycles. The monoisotopic (exact) mass is 335 g/mol. The summed E-state index contributed by atoms with van der Waals surface area (Å²) in [4.78, 5) is 14.9. The van der Waals surface area contributed by atoms with Gasteiger partial charge in [-0.15, -0.1) is 0 Å². The molecule has 1 saturated heterocycles. The number of benzene rings is 1. The highest BCUT2D eigenvalue weighted by Gasteiger charge is 2.31. The third-order valence-electron chi connectivity index (χ3n) is 4.02. The van der Waals surface area contributed by atoms with Gasteiger partial charge in [0.15, 0.2) is 6.10 Å². The molecular formula is C19H29NO2S. The Hall–Kier alpha value is -1.16. The maximum atomic E-state index is 12.8. The van der Waals surface area contributed by atoms with Gasteiger partial charge in [-0.1, -0.05) is 39.0 Å². The molecule has 0 radical (unpaired) electrons. The van der Waals surface area contributed by atoms with Crippen LogP contribution in [0.15, 0.2) is 30.3 Å². The standard InChI is InChI=1S/C19H29NO2S/c1-15(22-17-11-6-5-7-12-17)18(21)20-13-9-8-10-16(20)14-23-19(2,3)4/h5-7,11-12,15-16H,8-10,13-14H2,1-4H3/t15-,16+/m1/s1.